The molecule has 0 saturated heterocycles. The van der Waals surface area contributed by atoms with E-state index in [1.807, 2.05) is 0 Å². The Morgan fingerprint density at radius 2 is 1.14 bits per heavy atom. The monoisotopic (exact) mass is 324 g/mol. The van der Waals surface area contributed by atoms with Gasteiger partial charge in [0.2, 0.25) is 0 Å². The van der Waals surface area contributed by atoms with Crippen LogP contribution in [-0.4, -0.2) is 17.6 Å². The number of hydrogen-bond donors (Lipinski definition) is 0. The molecule has 0 unspecified atom stereocenters. The maximum atomic E-state index is 6.55. The number of hydrogen-bond acceptors (Lipinski definition) is 1. The number of fused-ring (bicyclic) bond motifs is 2. The summed E-state index contributed by atoms with van der Waals surface area (Å²) >= 11 is 0. The van der Waals surface area contributed by atoms with Crippen LogP contribution < -0.4 is 15.1 Å². The first-order valence-corrected chi connectivity index (χ1v) is 12.9. The van der Waals surface area contributed by atoms with Crippen LogP contribution >= 0.6 is 0 Å². The first-order valence-electron chi connectivity index (χ1n) is 7.90. The molecule has 1 aliphatic heterocycles. The second kappa shape index (κ2) is 5.39. The molecule has 3 heteroatoms. The molecule has 0 bridgehead atoms. The molecule has 2 radical (unpaired) electrons. The molecule has 0 saturated carbocycles. The van der Waals surface area contributed by atoms with E-state index in [2.05, 4.69) is 76.4 Å². The lowest BCUT2D eigenvalue weighted by atomic mass is 9.76. The molecule has 0 aromatic heterocycles. The third-order valence-electron chi connectivity index (χ3n) is 4.66. The average molecular weight is 325 g/mol. The molecule has 0 spiro atoms. The minimum Gasteiger partial charge on any atom is -0.457 e. The number of para-hydroxylation sites is 2. The summed E-state index contributed by atoms with van der Waals surface area (Å²) in [6.45, 7) is 14.0. The highest BCUT2D eigenvalue weighted by molar-refractivity contribution is 6.72. The van der Waals surface area contributed by atoms with Crippen LogP contribution in [0, 0.1) is 0 Å². The fourth-order valence-electron chi connectivity index (χ4n) is 3.31. The van der Waals surface area contributed by atoms with Crippen molar-refractivity contribution in [2.75, 3.05) is 0 Å². The summed E-state index contributed by atoms with van der Waals surface area (Å²) in [5.41, 5.74) is 2.67. The van der Waals surface area contributed by atoms with Gasteiger partial charge in [0, 0.05) is 16.5 Å². The van der Waals surface area contributed by atoms with Gasteiger partial charge in [-0.2, -0.15) is 0 Å². The van der Waals surface area contributed by atoms with Crippen molar-refractivity contribution >= 4 is 28.0 Å². The molecule has 0 atom stereocenters. The lowest BCUT2D eigenvalue weighted by molar-refractivity contribution is 0.424. The van der Waals surface area contributed by atoms with Crippen LogP contribution in [0.1, 0.15) is 25.0 Å². The lowest BCUT2D eigenvalue weighted by Gasteiger charge is -2.37. The van der Waals surface area contributed by atoms with Gasteiger partial charge in [0.15, 0.2) is 0 Å². The second-order valence-corrected chi connectivity index (χ2v) is 12.2. The third kappa shape index (κ3) is 2.27. The largest absolute Gasteiger partial charge is 0.457 e. The van der Waals surface area contributed by atoms with Crippen LogP contribution in [-0.2, 0) is 5.41 Å². The van der Waals surface area contributed by atoms with Gasteiger partial charge in [-0.1, -0.05) is 76.4 Å². The fraction of sp³-hybridized carbons (Fsp3) is 0.368. The average Bonchev–Trinajstić information content (AvgIpc) is 2.46. The quantitative estimate of drug-likeness (QED) is 0.758. The van der Waals surface area contributed by atoms with Crippen molar-refractivity contribution in [1.82, 2.24) is 0 Å². The molecule has 0 amide bonds. The fourth-order valence-corrected chi connectivity index (χ4v) is 5.45. The van der Waals surface area contributed by atoms with Gasteiger partial charge < -0.3 is 4.74 Å². The number of ether oxygens (including phenoxy) is 1. The standard InChI is InChI=1S/C19H24OSi2/c1-19(2)13-9-7-11-15(21(3)4)17(13)20-18-14(19)10-8-12-16(18)22(5)6/h7-12H,1-6H3. The highest BCUT2D eigenvalue weighted by Gasteiger charge is 2.36. The van der Waals surface area contributed by atoms with E-state index in [-0.39, 0.29) is 5.41 Å². The Labute approximate surface area is 137 Å². The molecular weight excluding hydrogens is 300 g/mol. The van der Waals surface area contributed by atoms with Crippen LogP contribution in [0.15, 0.2) is 36.4 Å². The summed E-state index contributed by atoms with van der Waals surface area (Å²) < 4.78 is 6.55. The van der Waals surface area contributed by atoms with Gasteiger partial charge in [-0.3, -0.25) is 0 Å². The Morgan fingerprint density at radius 1 is 0.727 bits per heavy atom. The smallest absolute Gasteiger partial charge is 0.130 e. The van der Waals surface area contributed by atoms with Crippen molar-refractivity contribution in [3.8, 4) is 11.5 Å². The van der Waals surface area contributed by atoms with Crippen molar-refractivity contribution in [3.63, 3.8) is 0 Å². The molecule has 0 aliphatic carbocycles. The zero-order valence-corrected chi connectivity index (χ0v) is 16.4. The predicted molar refractivity (Wildman–Crippen MR) is 99.3 cm³/mol. The Morgan fingerprint density at radius 3 is 1.50 bits per heavy atom. The van der Waals surface area contributed by atoms with Gasteiger partial charge >= 0.3 is 0 Å². The topological polar surface area (TPSA) is 9.23 Å². The normalized spacial score (nSPS) is 15.5. The van der Waals surface area contributed by atoms with Gasteiger partial charge in [0.05, 0.1) is 17.6 Å². The summed E-state index contributed by atoms with van der Waals surface area (Å²) in [5, 5.41) is 2.83. The second-order valence-electron chi connectivity index (χ2n) is 7.09. The van der Waals surface area contributed by atoms with Crippen molar-refractivity contribution in [3.05, 3.63) is 47.5 Å². The maximum absolute atomic E-state index is 6.55. The van der Waals surface area contributed by atoms with Crippen LogP contribution in [0.2, 0.25) is 26.2 Å². The molecule has 1 heterocycles. The van der Waals surface area contributed by atoms with E-state index in [4.69, 9.17) is 4.74 Å². The summed E-state index contributed by atoms with van der Waals surface area (Å²) in [5.74, 6) is 2.27. The molecular formula is C19H24OSi2. The Balaban J connectivity index is 2.29. The molecule has 114 valence electrons. The van der Waals surface area contributed by atoms with Crippen LogP contribution in [0.5, 0.6) is 11.5 Å². The van der Waals surface area contributed by atoms with Gasteiger partial charge in [0.1, 0.15) is 11.5 Å². The molecule has 3 rings (SSSR count). The summed E-state index contributed by atoms with van der Waals surface area (Å²) in [4.78, 5) is 0. The SMILES string of the molecule is C[Si](C)c1cccc2c1Oc1c([Si](C)C)cccc1C2(C)C. The zero-order valence-electron chi connectivity index (χ0n) is 14.4. The van der Waals surface area contributed by atoms with Crippen molar-refractivity contribution < 1.29 is 4.74 Å². The van der Waals surface area contributed by atoms with Crippen molar-refractivity contribution in [2.45, 2.75) is 45.5 Å². The number of benzene rings is 2. The maximum Gasteiger partial charge on any atom is 0.130 e. The van der Waals surface area contributed by atoms with Crippen LogP contribution in [0.3, 0.4) is 0 Å². The van der Waals surface area contributed by atoms with Gasteiger partial charge in [-0.25, -0.2) is 0 Å². The molecule has 2 aromatic carbocycles. The van der Waals surface area contributed by atoms with E-state index in [0.717, 1.165) is 11.5 Å². The minimum absolute atomic E-state index is 0.00354. The van der Waals surface area contributed by atoms with E-state index in [1.165, 1.54) is 21.5 Å². The predicted octanol–water partition coefficient (Wildman–Crippen LogP) is 4.04. The highest BCUT2D eigenvalue weighted by Crippen LogP contribution is 2.46. The van der Waals surface area contributed by atoms with E-state index in [1.54, 1.807) is 0 Å². The minimum atomic E-state index is -0.553. The van der Waals surface area contributed by atoms with Gasteiger partial charge in [-0.05, 0) is 10.4 Å². The van der Waals surface area contributed by atoms with E-state index in [9.17, 15) is 0 Å². The number of rotatable bonds is 2. The molecule has 22 heavy (non-hydrogen) atoms. The summed E-state index contributed by atoms with van der Waals surface area (Å²) in [6.07, 6.45) is 0. The Hall–Kier alpha value is -1.33. The van der Waals surface area contributed by atoms with Gasteiger partial charge in [0.25, 0.3) is 0 Å². The zero-order chi connectivity index (χ0) is 16.1. The molecule has 1 nitrogen and oxygen atoms in total. The van der Waals surface area contributed by atoms with Crippen molar-refractivity contribution in [1.29, 1.82) is 0 Å². The Bertz CT molecular complexity index is 658. The first-order chi connectivity index (χ1) is 10.3. The molecule has 2 aromatic rings. The van der Waals surface area contributed by atoms with Gasteiger partial charge in [-0.15, -0.1) is 0 Å². The summed E-state index contributed by atoms with van der Waals surface area (Å²) in [6, 6.07) is 13.4. The molecule has 1 aliphatic rings. The molecule has 0 fully saturated rings. The van der Waals surface area contributed by atoms with E-state index in [0.29, 0.717) is 0 Å². The highest BCUT2D eigenvalue weighted by atomic mass is 28.3. The van der Waals surface area contributed by atoms with Crippen LogP contribution in [0.25, 0.3) is 0 Å². The van der Waals surface area contributed by atoms with E-state index < -0.39 is 17.6 Å². The molecule has 0 N–H and O–H groups in total. The Kier molecular flexibility index (Phi) is 3.81. The lowest BCUT2D eigenvalue weighted by Crippen LogP contribution is -2.36. The van der Waals surface area contributed by atoms with Crippen molar-refractivity contribution in [2.24, 2.45) is 0 Å². The summed E-state index contributed by atoms with van der Waals surface area (Å²) in [7, 11) is -1.11. The van der Waals surface area contributed by atoms with E-state index >= 15 is 0 Å². The van der Waals surface area contributed by atoms with Crippen LogP contribution in [0.4, 0.5) is 0 Å². The third-order valence-corrected chi connectivity index (χ3v) is 7.60. The first kappa shape index (κ1) is 15.6.